The summed E-state index contributed by atoms with van der Waals surface area (Å²) < 4.78 is 0. The maximum Gasteiger partial charge on any atom is 0.313 e. The van der Waals surface area contributed by atoms with E-state index in [0.717, 1.165) is 12.1 Å². The second kappa shape index (κ2) is 7.11. The number of amides is 2. The number of hydrogen-bond donors (Lipinski definition) is 3. The van der Waals surface area contributed by atoms with Gasteiger partial charge in [0.25, 0.3) is 0 Å². The van der Waals surface area contributed by atoms with Crippen molar-refractivity contribution in [2.24, 2.45) is 0 Å². The zero-order chi connectivity index (χ0) is 14.4. The minimum atomic E-state index is -0.681. The first-order valence-electron chi connectivity index (χ1n) is 6.05. The van der Waals surface area contributed by atoms with Crippen LogP contribution in [0.15, 0.2) is 18.2 Å². The molecule has 3 N–H and O–H groups in total. The summed E-state index contributed by atoms with van der Waals surface area (Å²) in [6, 6.07) is 5.15. The third-order valence-corrected chi connectivity index (χ3v) is 3.04. The van der Waals surface area contributed by atoms with E-state index >= 15 is 0 Å². The number of anilines is 1. The Bertz CT molecular complexity index is 475. The zero-order valence-electron chi connectivity index (χ0n) is 11.3. The maximum absolute atomic E-state index is 11.7. The molecule has 1 rings (SSSR count). The second-order valence-corrected chi connectivity index (χ2v) is 4.99. The molecule has 0 spiro atoms. The summed E-state index contributed by atoms with van der Waals surface area (Å²) >= 11 is 5.94. The fourth-order valence-electron chi connectivity index (χ4n) is 1.43. The minimum absolute atomic E-state index is 0.461. The lowest BCUT2D eigenvalue weighted by Gasteiger charge is -2.10. The smallest absolute Gasteiger partial charge is 0.313 e. The van der Waals surface area contributed by atoms with Crippen molar-refractivity contribution in [3.05, 3.63) is 28.8 Å². The molecule has 19 heavy (non-hydrogen) atoms. The van der Waals surface area contributed by atoms with Gasteiger partial charge >= 0.3 is 11.8 Å². The van der Waals surface area contributed by atoms with Crippen LogP contribution in [0.2, 0.25) is 5.02 Å². The molecule has 1 aromatic carbocycles. The average molecular weight is 285 g/mol. The molecule has 0 aromatic heterocycles. The first-order chi connectivity index (χ1) is 8.91. The number of halogens is 1. The van der Waals surface area contributed by atoms with Crippen LogP contribution in [0, 0.1) is 6.92 Å². The molecule has 0 unspecified atom stereocenters. The fraction of sp³-hybridized carbons (Fsp3) is 0.385. The third-order valence-electron chi connectivity index (χ3n) is 2.63. The van der Waals surface area contributed by atoms with E-state index < -0.39 is 11.8 Å². The van der Waals surface area contributed by atoms with Crippen molar-refractivity contribution in [2.45, 2.75) is 6.92 Å². The number of carbonyl (C=O) groups is 2. The van der Waals surface area contributed by atoms with E-state index in [9.17, 15) is 9.59 Å². The molecule has 0 heterocycles. The monoisotopic (exact) mass is 284 g/mol. The van der Waals surface area contributed by atoms with Gasteiger partial charge in [0, 0.05) is 10.7 Å². The Hall–Kier alpha value is -1.59. The van der Waals surface area contributed by atoms with Crippen molar-refractivity contribution < 1.29 is 14.5 Å². The van der Waals surface area contributed by atoms with Crippen LogP contribution in [0.3, 0.4) is 0 Å². The van der Waals surface area contributed by atoms with Gasteiger partial charge in [-0.2, -0.15) is 0 Å². The number of benzene rings is 1. The lowest BCUT2D eigenvalue weighted by atomic mass is 10.2. The summed E-state index contributed by atoms with van der Waals surface area (Å²) in [7, 11) is 3.95. The molecule has 104 valence electrons. The number of hydrogen-bond acceptors (Lipinski definition) is 2. The molecular weight excluding hydrogens is 266 g/mol. The van der Waals surface area contributed by atoms with Gasteiger partial charge < -0.3 is 15.5 Å². The van der Waals surface area contributed by atoms with E-state index in [4.69, 9.17) is 11.6 Å². The molecule has 0 bridgehead atoms. The highest BCUT2D eigenvalue weighted by molar-refractivity contribution is 6.40. The van der Waals surface area contributed by atoms with Crippen molar-refractivity contribution in [2.75, 3.05) is 32.5 Å². The van der Waals surface area contributed by atoms with Crippen LogP contribution < -0.4 is 15.5 Å². The summed E-state index contributed by atoms with van der Waals surface area (Å²) in [4.78, 5) is 24.4. The van der Waals surface area contributed by atoms with E-state index in [-0.39, 0.29) is 0 Å². The number of likely N-dealkylation sites (N-methyl/N-ethyl adjacent to an activating group) is 1. The van der Waals surface area contributed by atoms with E-state index in [0.29, 0.717) is 17.3 Å². The molecule has 6 heteroatoms. The van der Waals surface area contributed by atoms with Crippen LogP contribution in [0.4, 0.5) is 5.69 Å². The highest BCUT2D eigenvalue weighted by atomic mass is 35.5. The lowest BCUT2D eigenvalue weighted by molar-refractivity contribution is -0.856. The van der Waals surface area contributed by atoms with Crippen LogP contribution in [0.25, 0.3) is 0 Å². The van der Waals surface area contributed by atoms with Crippen molar-refractivity contribution in [3.63, 3.8) is 0 Å². The zero-order valence-corrected chi connectivity index (χ0v) is 12.1. The molecule has 0 saturated heterocycles. The van der Waals surface area contributed by atoms with Crippen molar-refractivity contribution in [3.8, 4) is 0 Å². The molecule has 0 saturated carbocycles. The van der Waals surface area contributed by atoms with Crippen LogP contribution in [-0.4, -0.2) is 39.0 Å². The van der Waals surface area contributed by atoms with Gasteiger partial charge in [0.2, 0.25) is 0 Å². The van der Waals surface area contributed by atoms with E-state index in [2.05, 4.69) is 10.6 Å². The third kappa shape index (κ3) is 4.89. The van der Waals surface area contributed by atoms with Gasteiger partial charge in [-0.25, -0.2) is 0 Å². The predicted molar refractivity (Wildman–Crippen MR) is 75.5 cm³/mol. The van der Waals surface area contributed by atoms with Crippen molar-refractivity contribution >= 4 is 29.1 Å². The number of nitrogens with one attached hydrogen (secondary N) is 3. The van der Waals surface area contributed by atoms with Crippen LogP contribution in [-0.2, 0) is 9.59 Å². The van der Waals surface area contributed by atoms with Crippen molar-refractivity contribution in [1.29, 1.82) is 0 Å². The summed E-state index contributed by atoms with van der Waals surface area (Å²) in [5, 5.41) is 5.66. The Kier molecular flexibility index (Phi) is 5.79. The van der Waals surface area contributed by atoms with Crippen molar-refractivity contribution in [1.82, 2.24) is 5.32 Å². The molecule has 0 atom stereocenters. The molecule has 0 aliphatic rings. The van der Waals surface area contributed by atoms with E-state index in [1.54, 1.807) is 25.1 Å². The van der Waals surface area contributed by atoms with Gasteiger partial charge in [-0.3, -0.25) is 9.59 Å². The molecule has 0 fully saturated rings. The molecule has 0 aliphatic heterocycles. The average Bonchev–Trinajstić information content (AvgIpc) is 2.34. The fourth-order valence-corrected chi connectivity index (χ4v) is 1.60. The van der Waals surface area contributed by atoms with Crippen LogP contribution in [0.1, 0.15) is 5.56 Å². The quantitative estimate of drug-likeness (QED) is 0.673. The van der Waals surface area contributed by atoms with Gasteiger partial charge in [-0.1, -0.05) is 17.7 Å². The van der Waals surface area contributed by atoms with Gasteiger partial charge in [0.05, 0.1) is 27.2 Å². The van der Waals surface area contributed by atoms with Crippen LogP contribution in [0.5, 0.6) is 0 Å². The largest absolute Gasteiger partial charge is 0.342 e. The highest BCUT2D eigenvalue weighted by Gasteiger charge is 2.14. The first kappa shape index (κ1) is 15.5. The predicted octanol–water partition coefficient (Wildman–Crippen LogP) is -0.152. The Labute approximate surface area is 117 Å². The number of carbonyl (C=O) groups excluding carboxylic acids is 2. The van der Waals surface area contributed by atoms with Crippen LogP contribution >= 0.6 is 11.6 Å². The topological polar surface area (TPSA) is 62.6 Å². The summed E-state index contributed by atoms with van der Waals surface area (Å²) in [6.45, 7) is 3.00. The highest BCUT2D eigenvalue weighted by Crippen LogP contribution is 2.22. The van der Waals surface area contributed by atoms with Gasteiger partial charge in [0.1, 0.15) is 0 Å². The molecular formula is C13H19ClN3O2+. The Balaban J connectivity index is 2.55. The standard InChI is InChI=1S/C13H18ClN3O2/c1-9-10(14)5-4-6-11(9)16-13(19)12(18)15-7-8-17(2)3/h4-6H,7-8H2,1-3H3,(H,15,18)(H,16,19)/p+1. The first-order valence-corrected chi connectivity index (χ1v) is 6.43. The molecule has 5 nitrogen and oxygen atoms in total. The van der Waals surface area contributed by atoms with E-state index in [1.807, 2.05) is 14.1 Å². The normalized spacial score (nSPS) is 10.4. The Morgan fingerprint density at radius 3 is 2.58 bits per heavy atom. The Morgan fingerprint density at radius 1 is 1.26 bits per heavy atom. The molecule has 0 aliphatic carbocycles. The SMILES string of the molecule is Cc1c(Cl)cccc1NC(=O)C(=O)NCC[NH+](C)C. The Morgan fingerprint density at radius 2 is 1.95 bits per heavy atom. The van der Waals surface area contributed by atoms with E-state index in [1.165, 1.54) is 4.90 Å². The summed E-state index contributed by atoms with van der Waals surface area (Å²) in [5.74, 6) is -1.32. The number of rotatable bonds is 4. The number of quaternary nitrogens is 1. The maximum atomic E-state index is 11.7. The summed E-state index contributed by atoms with van der Waals surface area (Å²) in [5.41, 5.74) is 1.29. The second-order valence-electron chi connectivity index (χ2n) is 4.58. The lowest BCUT2D eigenvalue weighted by Crippen LogP contribution is -3.06. The molecule has 2 amide bonds. The molecule has 1 aromatic rings. The van der Waals surface area contributed by atoms with Gasteiger partial charge in [-0.15, -0.1) is 0 Å². The molecule has 0 radical (unpaired) electrons. The van der Waals surface area contributed by atoms with Gasteiger partial charge in [-0.05, 0) is 24.6 Å². The minimum Gasteiger partial charge on any atom is -0.342 e. The van der Waals surface area contributed by atoms with Gasteiger partial charge in [0.15, 0.2) is 0 Å². The summed E-state index contributed by atoms with van der Waals surface area (Å²) in [6.07, 6.45) is 0.